The minimum absolute atomic E-state index is 0.696. The van der Waals surface area contributed by atoms with Crippen molar-refractivity contribution in [2.75, 3.05) is 13.2 Å². The van der Waals surface area contributed by atoms with Crippen LogP contribution in [0.1, 0.15) is 13.8 Å². The van der Waals surface area contributed by atoms with E-state index in [-0.39, 0.29) is 0 Å². The highest BCUT2D eigenvalue weighted by molar-refractivity contribution is 14.1. The fraction of sp³-hybridized carbons (Fsp3) is 0.667. The van der Waals surface area contributed by atoms with Gasteiger partial charge in [0, 0.05) is 13.2 Å². The quantitative estimate of drug-likeness (QED) is 0.434. The van der Waals surface area contributed by atoms with Crippen LogP contribution < -0.4 is 0 Å². The SMILES string of the molecule is C=C[Si](I)(OCC)OCC. The lowest BCUT2D eigenvalue weighted by molar-refractivity contribution is 0.220. The molecule has 10 heavy (non-hydrogen) atoms. The van der Waals surface area contributed by atoms with Gasteiger partial charge in [-0.05, 0) is 41.3 Å². The summed E-state index contributed by atoms with van der Waals surface area (Å²) in [5.41, 5.74) is 1.79. The van der Waals surface area contributed by atoms with Crippen molar-refractivity contribution in [2.24, 2.45) is 0 Å². The monoisotopic (exact) mass is 272 g/mol. The number of hydrogen-bond acceptors (Lipinski definition) is 2. The summed E-state index contributed by atoms with van der Waals surface area (Å²) in [5, 5.41) is 0. The average molecular weight is 272 g/mol. The first-order valence-electron chi connectivity index (χ1n) is 3.29. The normalized spacial score (nSPS) is 11.5. The van der Waals surface area contributed by atoms with Gasteiger partial charge in [-0.3, -0.25) is 0 Å². The van der Waals surface area contributed by atoms with Crippen molar-refractivity contribution in [1.29, 1.82) is 0 Å². The van der Waals surface area contributed by atoms with Gasteiger partial charge in [0.25, 0.3) is 0 Å². The van der Waals surface area contributed by atoms with Gasteiger partial charge in [0.15, 0.2) is 0 Å². The molecule has 0 atom stereocenters. The third-order valence-electron chi connectivity index (χ3n) is 0.926. The lowest BCUT2D eigenvalue weighted by Gasteiger charge is -2.18. The molecule has 0 aliphatic rings. The van der Waals surface area contributed by atoms with E-state index >= 15 is 0 Å². The molecular formula is C6H13IO2Si. The summed E-state index contributed by atoms with van der Waals surface area (Å²) in [6.45, 7) is 8.99. The molecule has 4 heteroatoms. The highest BCUT2D eigenvalue weighted by Gasteiger charge is 2.29. The van der Waals surface area contributed by atoms with E-state index in [0.29, 0.717) is 13.2 Å². The lowest BCUT2D eigenvalue weighted by atomic mass is 10.9. The molecule has 0 spiro atoms. The molecule has 0 aliphatic carbocycles. The van der Waals surface area contributed by atoms with Crippen LogP contribution >= 0.6 is 21.8 Å². The van der Waals surface area contributed by atoms with E-state index in [4.69, 9.17) is 8.85 Å². The van der Waals surface area contributed by atoms with Crippen LogP contribution in [0.25, 0.3) is 0 Å². The van der Waals surface area contributed by atoms with Crippen molar-refractivity contribution in [3.05, 3.63) is 12.3 Å². The third kappa shape index (κ3) is 3.70. The summed E-state index contributed by atoms with van der Waals surface area (Å²) in [5.74, 6) is 0. The van der Waals surface area contributed by atoms with Gasteiger partial charge in [-0.2, -0.15) is 0 Å². The molecule has 0 N–H and O–H groups in total. The second-order valence-corrected chi connectivity index (χ2v) is 8.31. The van der Waals surface area contributed by atoms with E-state index in [1.807, 2.05) is 13.8 Å². The average Bonchev–Trinajstić information content (AvgIpc) is 1.89. The standard InChI is InChI=1S/C6H13IO2Si/c1-4-8-10(7,6-3)9-5-2/h6H,3-5H2,1-2H3. The molecule has 0 aliphatic heterocycles. The predicted octanol–water partition coefficient (Wildman–Crippen LogP) is 2.16. The predicted molar refractivity (Wildman–Crippen MR) is 53.2 cm³/mol. The van der Waals surface area contributed by atoms with E-state index in [0.717, 1.165) is 0 Å². The van der Waals surface area contributed by atoms with Crippen molar-refractivity contribution in [1.82, 2.24) is 0 Å². The molecule has 0 saturated carbocycles. The van der Waals surface area contributed by atoms with Gasteiger partial charge in [0.2, 0.25) is 0 Å². The van der Waals surface area contributed by atoms with Gasteiger partial charge < -0.3 is 8.85 Å². The van der Waals surface area contributed by atoms with Gasteiger partial charge in [-0.15, -0.1) is 6.58 Å². The molecule has 0 amide bonds. The first-order chi connectivity index (χ1) is 4.68. The molecule has 60 valence electrons. The highest BCUT2D eigenvalue weighted by Crippen LogP contribution is 2.16. The van der Waals surface area contributed by atoms with Crippen molar-refractivity contribution in [3.8, 4) is 0 Å². The zero-order valence-corrected chi connectivity index (χ0v) is 9.55. The molecule has 0 aromatic rings. The van der Waals surface area contributed by atoms with Crippen molar-refractivity contribution >= 4 is 27.9 Å². The maximum Gasteiger partial charge on any atom is 0.434 e. The molecule has 0 aromatic heterocycles. The van der Waals surface area contributed by atoms with E-state index in [1.54, 1.807) is 5.70 Å². The van der Waals surface area contributed by atoms with Crippen LogP contribution in [0, 0.1) is 0 Å². The topological polar surface area (TPSA) is 18.5 Å². The van der Waals surface area contributed by atoms with Crippen LogP contribution in [0.3, 0.4) is 0 Å². The van der Waals surface area contributed by atoms with Crippen molar-refractivity contribution < 1.29 is 8.85 Å². The Hall–Kier alpha value is 0.607. The number of rotatable bonds is 5. The minimum atomic E-state index is -1.99. The number of hydrogen-bond donors (Lipinski definition) is 0. The van der Waals surface area contributed by atoms with Gasteiger partial charge in [0.1, 0.15) is 0 Å². The Morgan fingerprint density at radius 1 is 1.40 bits per heavy atom. The fourth-order valence-corrected chi connectivity index (χ4v) is 3.53. The highest BCUT2D eigenvalue weighted by atomic mass is 127. The molecule has 0 saturated heterocycles. The summed E-state index contributed by atoms with van der Waals surface area (Å²) in [6, 6.07) is -1.99. The minimum Gasteiger partial charge on any atom is -0.384 e. The van der Waals surface area contributed by atoms with Crippen LogP contribution in [0.4, 0.5) is 0 Å². The lowest BCUT2D eigenvalue weighted by Crippen LogP contribution is -2.32. The van der Waals surface area contributed by atoms with E-state index in [1.165, 1.54) is 0 Å². The fourth-order valence-electron chi connectivity index (χ4n) is 0.553. The summed E-state index contributed by atoms with van der Waals surface area (Å²) in [6.07, 6.45) is 0. The molecule has 0 aromatic carbocycles. The first kappa shape index (κ1) is 10.6. The molecule has 2 nitrogen and oxygen atoms in total. The van der Waals surface area contributed by atoms with Crippen LogP contribution in [0.5, 0.6) is 0 Å². The molecule has 0 fully saturated rings. The second kappa shape index (κ2) is 5.28. The van der Waals surface area contributed by atoms with Crippen LogP contribution in [-0.2, 0) is 8.85 Å². The van der Waals surface area contributed by atoms with Gasteiger partial charge in [-0.25, -0.2) is 0 Å². The number of halogens is 1. The zero-order valence-electron chi connectivity index (χ0n) is 6.39. The van der Waals surface area contributed by atoms with Gasteiger partial charge >= 0.3 is 6.06 Å². The Kier molecular flexibility index (Phi) is 5.60. The summed E-state index contributed by atoms with van der Waals surface area (Å²) in [4.78, 5) is 0. The van der Waals surface area contributed by atoms with E-state index in [9.17, 15) is 0 Å². The Balaban J connectivity index is 3.81. The Bertz CT molecular complexity index is 102. The maximum absolute atomic E-state index is 5.40. The molecule has 0 unspecified atom stereocenters. The molecule has 0 radical (unpaired) electrons. The first-order valence-corrected chi connectivity index (χ1v) is 8.29. The van der Waals surface area contributed by atoms with Crippen LogP contribution in [0.15, 0.2) is 12.3 Å². The largest absolute Gasteiger partial charge is 0.434 e. The van der Waals surface area contributed by atoms with E-state index in [2.05, 4.69) is 28.4 Å². The van der Waals surface area contributed by atoms with Crippen LogP contribution in [0.2, 0.25) is 0 Å². The maximum atomic E-state index is 5.40. The van der Waals surface area contributed by atoms with Crippen molar-refractivity contribution in [3.63, 3.8) is 0 Å². The van der Waals surface area contributed by atoms with E-state index < -0.39 is 6.06 Å². The third-order valence-corrected chi connectivity index (χ3v) is 5.97. The summed E-state index contributed by atoms with van der Waals surface area (Å²) in [7, 11) is 0. The molecule has 0 bridgehead atoms. The van der Waals surface area contributed by atoms with Gasteiger partial charge in [0.05, 0.1) is 0 Å². The summed E-state index contributed by atoms with van der Waals surface area (Å²) < 4.78 is 10.8. The van der Waals surface area contributed by atoms with Crippen LogP contribution in [-0.4, -0.2) is 19.3 Å². The molecule has 0 rings (SSSR count). The summed E-state index contributed by atoms with van der Waals surface area (Å²) >= 11 is 2.22. The van der Waals surface area contributed by atoms with Gasteiger partial charge in [-0.1, -0.05) is 0 Å². The second-order valence-electron chi connectivity index (χ2n) is 1.65. The molecule has 0 heterocycles. The Morgan fingerprint density at radius 2 is 1.80 bits per heavy atom. The Morgan fingerprint density at radius 3 is 2.00 bits per heavy atom. The smallest absolute Gasteiger partial charge is 0.384 e. The molecular weight excluding hydrogens is 259 g/mol. The van der Waals surface area contributed by atoms with Crippen molar-refractivity contribution in [2.45, 2.75) is 13.8 Å². The zero-order chi connectivity index (χ0) is 8.04. The Labute approximate surface area is 76.1 Å².